The van der Waals surface area contributed by atoms with Gasteiger partial charge in [0.25, 0.3) is 11.8 Å². The maximum atomic E-state index is 13.7. The second kappa shape index (κ2) is 16.1. The average molecular weight is 672 g/mol. The number of benzene rings is 5. The van der Waals surface area contributed by atoms with Gasteiger partial charge in [0.05, 0.1) is 12.7 Å². The molecule has 5 rings (SSSR count). The molecule has 0 aliphatic rings. The van der Waals surface area contributed by atoms with Gasteiger partial charge in [-0.3, -0.25) is 14.4 Å². The molecule has 0 fully saturated rings. The molecule has 49 heavy (non-hydrogen) atoms. The zero-order chi connectivity index (χ0) is 34.8. The van der Waals surface area contributed by atoms with Crippen LogP contribution in [0.2, 0.25) is 0 Å². The zero-order valence-electron chi connectivity index (χ0n) is 26.7. The van der Waals surface area contributed by atoms with Crippen LogP contribution in [0.1, 0.15) is 42.7 Å². The Morgan fingerprint density at radius 1 is 0.755 bits per heavy atom. The van der Waals surface area contributed by atoms with E-state index in [1.165, 1.54) is 23.9 Å². The highest BCUT2D eigenvalue weighted by atomic mass is 32.2. The van der Waals surface area contributed by atoms with Crippen LogP contribution in [0.4, 0.5) is 11.4 Å². The van der Waals surface area contributed by atoms with E-state index >= 15 is 0 Å². The summed E-state index contributed by atoms with van der Waals surface area (Å²) in [5.74, 6) is -1.85. The number of carboxylic acids is 1. The molecule has 9 nitrogen and oxygen atoms in total. The summed E-state index contributed by atoms with van der Waals surface area (Å²) in [6.07, 6.45) is 1.56. The van der Waals surface area contributed by atoms with Gasteiger partial charge in [-0.1, -0.05) is 72.8 Å². The number of methoxy groups -OCH3 is 1. The molecule has 0 aliphatic carbocycles. The Hall–Kier alpha value is -6.13. The number of rotatable bonds is 12. The molecule has 246 valence electrons. The van der Waals surface area contributed by atoms with E-state index in [0.717, 1.165) is 11.1 Å². The van der Waals surface area contributed by atoms with E-state index in [4.69, 9.17) is 4.74 Å². The first-order valence-corrected chi connectivity index (χ1v) is 16.1. The van der Waals surface area contributed by atoms with E-state index in [0.29, 0.717) is 33.1 Å². The van der Waals surface area contributed by atoms with Crippen molar-refractivity contribution in [1.29, 1.82) is 0 Å². The van der Waals surface area contributed by atoms with Crippen molar-refractivity contribution in [2.75, 3.05) is 17.7 Å². The standard InChI is InChI=1S/C39H33N3O6S/c1-25-19-20-29(39(46)47)23-33(25)41-38(45)35(27-12-5-3-6-13-27)49-32-18-10-16-30(24-32)40-37(44)34(22-26-11-9-17-31(21-26)48-2)42-36(43)28-14-7-4-8-15-28/h3-24,35H,1-2H3,(H,40,44)(H,41,45)(H,42,43)(H,46,47)/b34-22-. The zero-order valence-corrected chi connectivity index (χ0v) is 27.5. The normalized spacial score (nSPS) is 11.6. The number of hydrogen-bond acceptors (Lipinski definition) is 6. The van der Waals surface area contributed by atoms with Crippen LogP contribution < -0.4 is 20.7 Å². The molecule has 4 N–H and O–H groups in total. The Morgan fingerprint density at radius 3 is 2.18 bits per heavy atom. The molecule has 0 saturated carbocycles. The summed E-state index contributed by atoms with van der Waals surface area (Å²) >= 11 is 1.27. The van der Waals surface area contributed by atoms with Crippen molar-refractivity contribution in [2.45, 2.75) is 17.1 Å². The summed E-state index contributed by atoms with van der Waals surface area (Å²) in [7, 11) is 1.54. The largest absolute Gasteiger partial charge is 0.497 e. The number of aryl methyl sites for hydroxylation is 1. The molecule has 0 aliphatic heterocycles. The van der Waals surface area contributed by atoms with E-state index in [2.05, 4.69) is 16.0 Å². The summed E-state index contributed by atoms with van der Waals surface area (Å²) in [4.78, 5) is 52.7. The maximum absolute atomic E-state index is 13.7. The third-order valence-electron chi connectivity index (χ3n) is 7.36. The fourth-order valence-electron chi connectivity index (χ4n) is 4.81. The predicted octanol–water partition coefficient (Wildman–Crippen LogP) is 7.58. The van der Waals surface area contributed by atoms with Crippen molar-refractivity contribution < 1.29 is 29.0 Å². The molecule has 0 bridgehead atoms. The molecule has 10 heteroatoms. The van der Waals surface area contributed by atoms with Crippen molar-refractivity contribution in [3.8, 4) is 5.75 Å². The fraction of sp³-hybridized carbons (Fsp3) is 0.0769. The third-order valence-corrected chi connectivity index (χ3v) is 8.61. The highest BCUT2D eigenvalue weighted by Gasteiger charge is 2.24. The van der Waals surface area contributed by atoms with Crippen LogP contribution in [0.3, 0.4) is 0 Å². The summed E-state index contributed by atoms with van der Waals surface area (Å²) < 4.78 is 5.32. The number of carboxylic acid groups (broad SMARTS) is 1. The molecule has 0 saturated heterocycles. The minimum atomic E-state index is -1.09. The number of hydrogen-bond donors (Lipinski definition) is 4. The molecule has 3 amide bonds. The van der Waals surface area contributed by atoms with Crippen molar-refractivity contribution in [3.05, 3.63) is 161 Å². The number of ether oxygens (including phenoxy) is 1. The summed E-state index contributed by atoms with van der Waals surface area (Å²) in [5, 5.41) is 17.2. The first-order chi connectivity index (χ1) is 23.7. The van der Waals surface area contributed by atoms with E-state index < -0.39 is 23.0 Å². The van der Waals surface area contributed by atoms with E-state index in [-0.39, 0.29) is 17.2 Å². The van der Waals surface area contributed by atoms with Gasteiger partial charge in [0.15, 0.2) is 0 Å². The van der Waals surface area contributed by atoms with Gasteiger partial charge in [-0.2, -0.15) is 0 Å². The Balaban J connectivity index is 1.39. The Bertz CT molecular complexity index is 2010. The van der Waals surface area contributed by atoms with Crippen molar-refractivity contribution >= 4 is 52.9 Å². The molecule has 1 unspecified atom stereocenters. The Kier molecular flexibility index (Phi) is 11.3. The number of carbonyl (C=O) groups is 4. The lowest BCUT2D eigenvalue weighted by atomic mass is 10.1. The highest BCUT2D eigenvalue weighted by molar-refractivity contribution is 8.00. The van der Waals surface area contributed by atoms with Crippen LogP contribution in [0, 0.1) is 6.92 Å². The van der Waals surface area contributed by atoms with Gasteiger partial charge in [-0.15, -0.1) is 11.8 Å². The molecular weight excluding hydrogens is 639 g/mol. The Labute approximate surface area is 288 Å². The van der Waals surface area contributed by atoms with Crippen molar-refractivity contribution in [1.82, 2.24) is 5.32 Å². The number of anilines is 2. The number of amides is 3. The van der Waals surface area contributed by atoms with Gasteiger partial charge in [-0.25, -0.2) is 4.79 Å². The highest BCUT2D eigenvalue weighted by Crippen LogP contribution is 2.37. The van der Waals surface area contributed by atoms with E-state index in [1.54, 1.807) is 99.0 Å². The summed E-state index contributed by atoms with van der Waals surface area (Å²) in [6.45, 7) is 1.79. The predicted molar refractivity (Wildman–Crippen MR) is 192 cm³/mol. The van der Waals surface area contributed by atoms with Crippen LogP contribution in [-0.4, -0.2) is 35.9 Å². The van der Waals surface area contributed by atoms with Gasteiger partial charge in [0.2, 0.25) is 5.91 Å². The van der Waals surface area contributed by atoms with Crippen molar-refractivity contribution in [2.24, 2.45) is 0 Å². The SMILES string of the molecule is COc1cccc(/C=C(\NC(=O)c2ccccc2)C(=O)Nc2cccc(SC(C(=O)Nc3cc(C(=O)O)ccc3C)c3ccccc3)c2)c1. The molecule has 0 aromatic heterocycles. The number of thioether (sulfide) groups is 1. The lowest BCUT2D eigenvalue weighted by Crippen LogP contribution is -2.30. The molecule has 0 spiro atoms. The van der Waals surface area contributed by atoms with Crippen LogP contribution in [0.5, 0.6) is 5.75 Å². The lowest BCUT2D eigenvalue weighted by Gasteiger charge is -2.19. The monoisotopic (exact) mass is 671 g/mol. The number of aromatic carboxylic acids is 1. The number of nitrogens with one attached hydrogen (secondary N) is 3. The topological polar surface area (TPSA) is 134 Å². The molecule has 0 radical (unpaired) electrons. The van der Waals surface area contributed by atoms with Gasteiger partial charge < -0.3 is 25.8 Å². The maximum Gasteiger partial charge on any atom is 0.335 e. The second-order valence-corrected chi connectivity index (χ2v) is 12.0. The quantitative estimate of drug-likeness (QED) is 0.0794. The molecular formula is C39H33N3O6S. The van der Waals surface area contributed by atoms with Crippen LogP contribution in [-0.2, 0) is 9.59 Å². The Morgan fingerprint density at radius 2 is 1.47 bits per heavy atom. The minimum absolute atomic E-state index is 0.0145. The second-order valence-electron chi connectivity index (χ2n) is 10.9. The minimum Gasteiger partial charge on any atom is -0.497 e. The van der Waals surface area contributed by atoms with Gasteiger partial charge >= 0.3 is 5.97 Å². The summed E-state index contributed by atoms with van der Waals surface area (Å²) in [5.41, 5.74) is 3.41. The third kappa shape index (κ3) is 9.24. The molecule has 5 aromatic carbocycles. The van der Waals surface area contributed by atoms with Gasteiger partial charge in [0, 0.05) is 21.8 Å². The van der Waals surface area contributed by atoms with Crippen molar-refractivity contribution in [3.63, 3.8) is 0 Å². The smallest absolute Gasteiger partial charge is 0.335 e. The molecule has 5 aromatic rings. The van der Waals surface area contributed by atoms with Crippen LogP contribution in [0.25, 0.3) is 6.08 Å². The molecule has 1 atom stereocenters. The average Bonchev–Trinajstić information content (AvgIpc) is 3.12. The van der Waals surface area contributed by atoms with E-state index in [1.807, 2.05) is 36.4 Å². The molecule has 0 heterocycles. The van der Waals surface area contributed by atoms with Gasteiger partial charge in [-0.05, 0) is 84.3 Å². The first kappa shape index (κ1) is 34.2. The number of carbonyl (C=O) groups excluding carboxylic acids is 3. The van der Waals surface area contributed by atoms with Crippen LogP contribution >= 0.6 is 11.8 Å². The lowest BCUT2D eigenvalue weighted by molar-refractivity contribution is -0.116. The summed E-state index contributed by atoms with van der Waals surface area (Å²) in [6, 6.07) is 36.5. The van der Waals surface area contributed by atoms with Crippen LogP contribution in [0.15, 0.2) is 138 Å². The first-order valence-electron chi connectivity index (χ1n) is 15.2. The fourth-order valence-corrected chi connectivity index (χ4v) is 5.89. The van der Waals surface area contributed by atoms with E-state index in [9.17, 15) is 24.3 Å². The van der Waals surface area contributed by atoms with Gasteiger partial charge in [0.1, 0.15) is 16.7 Å².